The van der Waals surface area contributed by atoms with Gasteiger partial charge in [0.05, 0.1) is 5.38 Å². The summed E-state index contributed by atoms with van der Waals surface area (Å²) >= 11 is 5.29. The zero-order valence-electron chi connectivity index (χ0n) is 4.41. The molecule has 0 aromatic rings. The Hall–Kier alpha value is 0.180. The van der Waals surface area contributed by atoms with E-state index in [1.54, 1.807) is 6.92 Å². The van der Waals surface area contributed by atoms with Gasteiger partial charge in [-0.15, -0.1) is 11.6 Å². The summed E-state index contributed by atoms with van der Waals surface area (Å²) in [6.07, 6.45) is -1.08. The zero-order chi connectivity index (χ0) is 5.86. The van der Waals surface area contributed by atoms with E-state index in [1.165, 1.54) is 7.05 Å². The van der Waals surface area contributed by atoms with Gasteiger partial charge in [-0.05, 0) is 14.0 Å². The number of halogens is 2. The molecule has 0 saturated carbocycles. The Morgan fingerprint density at radius 3 is 2.14 bits per heavy atom. The first-order valence-electron chi connectivity index (χ1n) is 2.14. The van der Waals surface area contributed by atoms with Crippen LogP contribution in [-0.2, 0) is 0 Å². The van der Waals surface area contributed by atoms with Gasteiger partial charge < -0.3 is 0 Å². The van der Waals surface area contributed by atoms with E-state index in [1.807, 2.05) is 0 Å². The van der Waals surface area contributed by atoms with Crippen LogP contribution in [0.4, 0.5) is 4.39 Å². The van der Waals surface area contributed by atoms with Crippen molar-refractivity contribution < 1.29 is 4.39 Å². The van der Waals surface area contributed by atoms with Crippen LogP contribution in [0.5, 0.6) is 0 Å². The standard InChI is InChI=1S/C4H9ClFN/c1-3(5)4(6)7-2/h3-4,7H,1-2H3/t3-,4?/m1/s1. The predicted octanol–water partition coefficient (Wildman–Crippen LogP) is 1.13. The minimum absolute atomic E-state index is 0.440. The molecule has 0 aliphatic heterocycles. The third-order valence-corrected chi connectivity index (χ3v) is 0.900. The highest BCUT2D eigenvalue weighted by atomic mass is 35.5. The normalized spacial score (nSPS) is 18.9. The van der Waals surface area contributed by atoms with Crippen molar-refractivity contribution in [3.63, 3.8) is 0 Å². The fourth-order valence-corrected chi connectivity index (χ4v) is 0.356. The molecule has 0 radical (unpaired) electrons. The molecule has 0 heterocycles. The van der Waals surface area contributed by atoms with Crippen LogP contribution in [0.25, 0.3) is 0 Å². The molecule has 0 aromatic heterocycles. The topological polar surface area (TPSA) is 12.0 Å². The van der Waals surface area contributed by atoms with Crippen molar-refractivity contribution in [1.82, 2.24) is 5.32 Å². The monoisotopic (exact) mass is 125 g/mol. The molecule has 0 aliphatic rings. The number of hydrogen-bond acceptors (Lipinski definition) is 1. The second-order valence-electron chi connectivity index (χ2n) is 1.37. The maximum atomic E-state index is 12.0. The molecule has 7 heavy (non-hydrogen) atoms. The maximum Gasteiger partial charge on any atom is 0.167 e. The fraction of sp³-hybridized carbons (Fsp3) is 1.00. The minimum Gasteiger partial charge on any atom is -0.290 e. The number of rotatable bonds is 2. The van der Waals surface area contributed by atoms with Gasteiger partial charge in [-0.2, -0.15) is 0 Å². The Balaban J connectivity index is 3.14. The molecule has 3 heteroatoms. The van der Waals surface area contributed by atoms with Gasteiger partial charge in [0.25, 0.3) is 0 Å². The third-order valence-electron chi connectivity index (χ3n) is 0.679. The molecule has 0 amide bonds. The lowest BCUT2D eigenvalue weighted by Crippen LogP contribution is -2.27. The summed E-state index contributed by atoms with van der Waals surface area (Å²) in [5.74, 6) is 0. The van der Waals surface area contributed by atoms with Crippen LogP contribution in [0.15, 0.2) is 0 Å². The molecule has 0 saturated heterocycles. The van der Waals surface area contributed by atoms with Gasteiger partial charge in [-0.1, -0.05) is 0 Å². The molecule has 0 rings (SSSR count). The molecule has 0 aliphatic carbocycles. The molecule has 0 bridgehead atoms. The van der Waals surface area contributed by atoms with E-state index in [-0.39, 0.29) is 0 Å². The number of nitrogens with one attached hydrogen (secondary N) is 1. The Labute approximate surface area is 47.9 Å². The average Bonchev–Trinajstić information content (AvgIpc) is 1.65. The minimum atomic E-state index is -1.08. The van der Waals surface area contributed by atoms with Crippen LogP contribution in [0.2, 0.25) is 0 Å². The van der Waals surface area contributed by atoms with E-state index < -0.39 is 11.7 Å². The summed E-state index contributed by atoms with van der Waals surface area (Å²) in [5.41, 5.74) is 0. The Kier molecular flexibility index (Phi) is 3.30. The van der Waals surface area contributed by atoms with Crippen molar-refractivity contribution in [2.75, 3.05) is 7.05 Å². The second-order valence-corrected chi connectivity index (χ2v) is 2.06. The van der Waals surface area contributed by atoms with E-state index in [0.717, 1.165) is 0 Å². The Bertz CT molecular complexity index is 49.0. The zero-order valence-corrected chi connectivity index (χ0v) is 5.17. The molecule has 0 fully saturated rings. The highest BCUT2D eigenvalue weighted by Gasteiger charge is 2.07. The van der Waals surface area contributed by atoms with Crippen molar-refractivity contribution in [1.29, 1.82) is 0 Å². The Morgan fingerprint density at radius 1 is 1.71 bits per heavy atom. The Morgan fingerprint density at radius 2 is 2.14 bits per heavy atom. The number of alkyl halides is 2. The van der Waals surface area contributed by atoms with Crippen LogP contribution in [0, 0.1) is 0 Å². The highest BCUT2D eigenvalue weighted by molar-refractivity contribution is 6.20. The highest BCUT2D eigenvalue weighted by Crippen LogP contribution is 2.00. The van der Waals surface area contributed by atoms with E-state index >= 15 is 0 Å². The van der Waals surface area contributed by atoms with Gasteiger partial charge in [0.15, 0.2) is 6.30 Å². The molecular formula is C4H9ClFN. The summed E-state index contributed by atoms with van der Waals surface area (Å²) < 4.78 is 12.0. The first kappa shape index (κ1) is 7.18. The smallest absolute Gasteiger partial charge is 0.167 e. The van der Waals surface area contributed by atoms with Gasteiger partial charge in [0.2, 0.25) is 0 Å². The van der Waals surface area contributed by atoms with E-state index in [4.69, 9.17) is 11.6 Å². The van der Waals surface area contributed by atoms with Crippen LogP contribution >= 0.6 is 11.6 Å². The largest absolute Gasteiger partial charge is 0.290 e. The van der Waals surface area contributed by atoms with Gasteiger partial charge >= 0.3 is 0 Å². The first-order valence-corrected chi connectivity index (χ1v) is 2.57. The van der Waals surface area contributed by atoms with Gasteiger partial charge in [0, 0.05) is 0 Å². The molecule has 2 atom stereocenters. The molecule has 1 unspecified atom stereocenters. The summed E-state index contributed by atoms with van der Waals surface area (Å²) in [6.45, 7) is 1.60. The quantitative estimate of drug-likeness (QED) is 0.431. The van der Waals surface area contributed by atoms with Gasteiger partial charge in [-0.3, -0.25) is 5.32 Å². The fourth-order valence-electron chi connectivity index (χ4n) is 0.230. The van der Waals surface area contributed by atoms with Crippen molar-refractivity contribution in [2.24, 2.45) is 0 Å². The first-order chi connectivity index (χ1) is 3.18. The van der Waals surface area contributed by atoms with Gasteiger partial charge in [0.1, 0.15) is 0 Å². The molecule has 1 nitrogen and oxygen atoms in total. The van der Waals surface area contributed by atoms with Crippen molar-refractivity contribution >= 4 is 11.6 Å². The lowest BCUT2D eigenvalue weighted by Gasteiger charge is -2.06. The SMILES string of the molecule is CNC(F)[C@@H](C)Cl. The molecule has 1 N–H and O–H groups in total. The lowest BCUT2D eigenvalue weighted by molar-refractivity contribution is 0.288. The predicted molar refractivity (Wildman–Crippen MR) is 29.3 cm³/mol. The summed E-state index contributed by atoms with van der Waals surface area (Å²) in [4.78, 5) is 0. The molecule has 44 valence electrons. The van der Waals surface area contributed by atoms with E-state index in [2.05, 4.69) is 5.32 Å². The number of hydrogen-bond donors (Lipinski definition) is 1. The van der Waals surface area contributed by atoms with E-state index in [9.17, 15) is 4.39 Å². The average molecular weight is 126 g/mol. The molecular weight excluding hydrogens is 117 g/mol. The second kappa shape index (κ2) is 3.22. The van der Waals surface area contributed by atoms with Crippen LogP contribution in [0.1, 0.15) is 6.92 Å². The maximum absolute atomic E-state index is 12.0. The molecule has 0 spiro atoms. The van der Waals surface area contributed by atoms with E-state index in [0.29, 0.717) is 0 Å². The lowest BCUT2D eigenvalue weighted by atomic mass is 10.4. The van der Waals surface area contributed by atoms with Crippen LogP contribution in [-0.4, -0.2) is 18.7 Å². The van der Waals surface area contributed by atoms with Crippen molar-refractivity contribution in [3.05, 3.63) is 0 Å². The third kappa shape index (κ3) is 2.83. The summed E-state index contributed by atoms with van der Waals surface area (Å²) in [6, 6.07) is 0. The molecule has 0 aromatic carbocycles. The van der Waals surface area contributed by atoms with Crippen LogP contribution in [0.3, 0.4) is 0 Å². The van der Waals surface area contributed by atoms with Gasteiger partial charge in [-0.25, -0.2) is 4.39 Å². The van der Waals surface area contributed by atoms with Crippen molar-refractivity contribution in [3.8, 4) is 0 Å². The summed E-state index contributed by atoms with van der Waals surface area (Å²) in [5, 5.41) is 1.93. The summed E-state index contributed by atoms with van der Waals surface area (Å²) in [7, 11) is 1.53. The van der Waals surface area contributed by atoms with Crippen molar-refractivity contribution in [2.45, 2.75) is 18.6 Å². The van der Waals surface area contributed by atoms with Crippen LogP contribution < -0.4 is 5.32 Å².